The standard InChI is InChI=1S/C24H30N2O2/c1-18-3-2-4-22(15-18)20-5-7-23(8-6-20)25-24(27)21-9-12-26(13-10-21)16-19-11-14-28-17-19/h2-8,15,19,21H,9-14,16-17H2,1H3,(H,25,27)/t19-/m1/s1. The van der Waals surface area contributed by atoms with Crippen LogP contribution >= 0.6 is 0 Å². The molecule has 148 valence electrons. The molecule has 1 amide bonds. The van der Waals surface area contributed by atoms with E-state index in [0.29, 0.717) is 5.92 Å². The summed E-state index contributed by atoms with van der Waals surface area (Å²) in [4.78, 5) is 15.2. The van der Waals surface area contributed by atoms with Gasteiger partial charge in [-0.3, -0.25) is 4.79 Å². The van der Waals surface area contributed by atoms with Crippen LogP contribution in [0.4, 0.5) is 5.69 Å². The highest BCUT2D eigenvalue weighted by molar-refractivity contribution is 5.92. The molecular formula is C24H30N2O2. The van der Waals surface area contributed by atoms with E-state index in [1.165, 1.54) is 23.1 Å². The van der Waals surface area contributed by atoms with Crippen molar-refractivity contribution in [3.05, 3.63) is 54.1 Å². The predicted molar refractivity (Wildman–Crippen MR) is 113 cm³/mol. The third-order valence-corrected chi connectivity index (χ3v) is 6.00. The number of hydrogen-bond donors (Lipinski definition) is 1. The SMILES string of the molecule is Cc1cccc(-c2ccc(NC(=O)C3CCN(C[C@H]4CCOC4)CC3)cc2)c1. The Hall–Kier alpha value is -2.17. The van der Waals surface area contributed by atoms with E-state index in [1.54, 1.807) is 0 Å². The van der Waals surface area contributed by atoms with Crippen LogP contribution in [0.2, 0.25) is 0 Å². The largest absolute Gasteiger partial charge is 0.381 e. The molecule has 2 heterocycles. The molecule has 2 aromatic rings. The number of carbonyl (C=O) groups excluding carboxylic acids is 1. The van der Waals surface area contributed by atoms with Gasteiger partial charge in [-0.05, 0) is 68.5 Å². The first-order chi connectivity index (χ1) is 13.7. The molecule has 0 saturated carbocycles. The first-order valence-electron chi connectivity index (χ1n) is 10.5. The van der Waals surface area contributed by atoms with Crippen molar-refractivity contribution >= 4 is 11.6 Å². The molecule has 2 aliphatic rings. The zero-order chi connectivity index (χ0) is 19.3. The second kappa shape index (κ2) is 8.89. The Labute approximate surface area is 167 Å². The average Bonchev–Trinajstić information content (AvgIpc) is 3.22. The molecule has 28 heavy (non-hydrogen) atoms. The van der Waals surface area contributed by atoms with E-state index in [-0.39, 0.29) is 11.8 Å². The Morgan fingerprint density at radius 1 is 1.07 bits per heavy atom. The van der Waals surface area contributed by atoms with Crippen LogP contribution in [0, 0.1) is 18.8 Å². The molecule has 0 unspecified atom stereocenters. The Morgan fingerprint density at radius 3 is 2.54 bits per heavy atom. The summed E-state index contributed by atoms with van der Waals surface area (Å²) in [5.74, 6) is 0.956. The molecule has 1 N–H and O–H groups in total. The lowest BCUT2D eigenvalue weighted by atomic mass is 9.94. The Balaban J connectivity index is 1.28. The quantitative estimate of drug-likeness (QED) is 0.841. The summed E-state index contributed by atoms with van der Waals surface area (Å²) >= 11 is 0. The summed E-state index contributed by atoms with van der Waals surface area (Å²) in [6.07, 6.45) is 3.07. The molecule has 0 spiro atoms. The van der Waals surface area contributed by atoms with Crippen LogP contribution in [0.5, 0.6) is 0 Å². The van der Waals surface area contributed by atoms with Gasteiger partial charge in [-0.15, -0.1) is 0 Å². The van der Waals surface area contributed by atoms with Crippen LogP contribution in [0.3, 0.4) is 0 Å². The minimum atomic E-state index is 0.118. The summed E-state index contributed by atoms with van der Waals surface area (Å²) in [5, 5.41) is 3.11. The maximum atomic E-state index is 12.7. The van der Waals surface area contributed by atoms with Crippen LogP contribution in [0.15, 0.2) is 48.5 Å². The minimum Gasteiger partial charge on any atom is -0.381 e. The molecule has 2 saturated heterocycles. The van der Waals surface area contributed by atoms with Gasteiger partial charge in [0.1, 0.15) is 0 Å². The van der Waals surface area contributed by atoms with E-state index < -0.39 is 0 Å². The number of ether oxygens (including phenoxy) is 1. The van der Waals surface area contributed by atoms with Gasteiger partial charge >= 0.3 is 0 Å². The van der Waals surface area contributed by atoms with Crippen molar-refractivity contribution in [1.29, 1.82) is 0 Å². The summed E-state index contributed by atoms with van der Waals surface area (Å²) in [7, 11) is 0. The lowest BCUT2D eigenvalue weighted by Gasteiger charge is -2.32. The molecule has 4 rings (SSSR count). The van der Waals surface area contributed by atoms with Crippen molar-refractivity contribution in [3.8, 4) is 11.1 Å². The number of anilines is 1. The number of aryl methyl sites for hydroxylation is 1. The van der Waals surface area contributed by atoms with Crippen molar-refractivity contribution in [2.45, 2.75) is 26.2 Å². The van der Waals surface area contributed by atoms with E-state index in [0.717, 1.165) is 51.4 Å². The number of nitrogens with one attached hydrogen (secondary N) is 1. The molecule has 0 radical (unpaired) electrons. The summed E-state index contributed by atoms with van der Waals surface area (Å²) < 4.78 is 5.48. The van der Waals surface area contributed by atoms with Crippen LogP contribution in [0.1, 0.15) is 24.8 Å². The molecule has 2 aliphatic heterocycles. The third kappa shape index (κ3) is 4.81. The molecule has 0 aliphatic carbocycles. The lowest BCUT2D eigenvalue weighted by Crippen LogP contribution is -2.40. The van der Waals surface area contributed by atoms with Crippen LogP contribution in [-0.4, -0.2) is 43.7 Å². The van der Waals surface area contributed by atoms with E-state index in [4.69, 9.17) is 4.74 Å². The second-order valence-corrected chi connectivity index (χ2v) is 8.24. The van der Waals surface area contributed by atoms with Crippen molar-refractivity contribution in [3.63, 3.8) is 0 Å². The number of amides is 1. The van der Waals surface area contributed by atoms with Gasteiger partial charge in [0.15, 0.2) is 0 Å². The van der Waals surface area contributed by atoms with Gasteiger partial charge in [0.2, 0.25) is 5.91 Å². The van der Waals surface area contributed by atoms with E-state index in [9.17, 15) is 4.79 Å². The van der Waals surface area contributed by atoms with Gasteiger partial charge in [0.05, 0.1) is 6.61 Å². The molecule has 0 aromatic heterocycles. The van der Waals surface area contributed by atoms with Crippen molar-refractivity contribution in [1.82, 2.24) is 4.90 Å². The molecule has 4 heteroatoms. The number of likely N-dealkylation sites (tertiary alicyclic amines) is 1. The average molecular weight is 379 g/mol. The van der Waals surface area contributed by atoms with Crippen LogP contribution < -0.4 is 5.32 Å². The predicted octanol–water partition coefficient (Wildman–Crippen LogP) is 4.35. The summed E-state index contributed by atoms with van der Waals surface area (Å²) in [6.45, 7) is 7.06. The first-order valence-corrected chi connectivity index (χ1v) is 10.5. The van der Waals surface area contributed by atoms with E-state index >= 15 is 0 Å². The van der Waals surface area contributed by atoms with Crippen LogP contribution in [0.25, 0.3) is 11.1 Å². The zero-order valence-corrected chi connectivity index (χ0v) is 16.7. The molecule has 0 bridgehead atoms. The first kappa shape index (κ1) is 19.2. The Bertz CT molecular complexity index is 789. The number of carbonyl (C=O) groups is 1. The van der Waals surface area contributed by atoms with Gasteiger partial charge < -0.3 is 15.0 Å². The van der Waals surface area contributed by atoms with E-state index in [1.807, 2.05) is 12.1 Å². The topological polar surface area (TPSA) is 41.6 Å². The van der Waals surface area contributed by atoms with Gasteiger partial charge in [0, 0.05) is 24.8 Å². The molecule has 1 atom stereocenters. The summed E-state index contributed by atoms with van der Waals surface area (Å²) in [6, 6.07) is 16.6. The van der Waals surface area contributed by atoms with Crippen LogP contribution in [-0.2, 0) is 9.53 Å². The number of rotatable bonds is 5. The molecule has 2 aromatic carbocycles. The monoisotopic (exact) mass is 378 g/mol. The fraction of sp³-hybridized carbons (Fsp3) is 0.458. The number of hydrogen-bond acceptors (Lipinski definition) is 3. The van der Waals surface area contributed by atoms with Gasteiger partial charge in [-0.25, -0.2) is 0 Å². The highest BCUT2D eigenvalue weighted by Gasteiger charge is 2.27. The highest BCUT2D eigenvalue weighted by atomic mass is 16.5. The fourth-order valence-corrected chi connectivity index (χ4v) is 4.29. The normalized spacial score (nSPS) is 21.0. The van der Waals surface area contributed by atoms with Crippen molar-refractivity contribution in [2.75, 3.05) is 38.2 Å². The molecule has 4 nitrogen and oxygen atoms in total. The second-order valence-electron chi connectivity index (χ2n) is 8.24. The maximum absolute atomic E-state index is 12.7. The van der Waals surface area contributed by atoms with Gasteiger partial charge in [0.25, 0.3) is 0 Å². The zero-order valence-electron chi connectivity index (χ0n) is 16.7. The fourth-order valence-electron chi connectivity index (χ4n) is 4.29. The Kier molecular flexibility index (Phi) is 6.08. The van der Waals surface area contributed by atoms with Crippen molar-refractivity contribution in [2.24, 2.45) is 11.8 Å². The summed E-state index contributed by atoms with van der Waals surface area (Å²) in [5.41, 5.74) is 4.51. The lowest BCUT2D eigenvalue weighted by molar-refractivity contribution is -0.121. The maximum Gasteiger partial charge on any atom is 0.227 e. The molecular weight excluding hydrogens is 348 g/mol. The Morgan fingerprint density at radius 2 is 1.86 bits per heavy atom. The van der Waals surface area contributed by atoms with E-state index in [2.05, 4.69) is 53.5 Å². The molecule has 2 fully saturated rings. The van der Waals surface area contributed by atoms with Crippen molar-refractivity contribution < 1.29 is 9.53 Å². The number of nitrogens with zero attached hydrogens (tertiary/aromatic N) is 1. The smallest absolute Gasteiger partial charge is 0.227 e. The minimum absolute atomic E-state index is 0.118. The number of piperidine rings is 1. The van der Waals surface area contributed by atoms with Gasteiger partial charge in [-0.2, -0.15) is 0 Å². The van der Waals surface area contributed by atoms with Gasteiger partial charge in [-0.1, -0.05) is 42.0 Å². The highest BCUT2D eigenvalue weighted by Crippen LogP contribution is 2.25. The number of benzene rings is 2. The third-order valence-electron chi connectivity index (χ3n) is 6.00.